The second-order valence-corrected chi connectivity index (χ2v) is 7.90. The molecule has 0 spiro atoms. The van der Waals surface area contributed by atoms with Crippen LogP contribution in [0.5, 0.6) is 0 Å². The van der Waals surface area contributed by atoms with Gasteiger partial charge >= 0.3 is 0 Å². The summed E-state index contributed by atoms with van der Waals surface area (Å²) in [6.07, 6.45) is 3.40. The van der Waals surface area contributed by atoms with Gasteiger partial charge in [-0.2, -0.15) is 0 Å². The number of carbonyl (C=O) groups excluding carboxylic acids is 2. The lowest BCUT2D eigenvalue weighted by molar-refractivity contribution is -0.122. The lowest BCUT2D eigenvalue weighted by Gasteiger charge is -2.29. The third-order valence-electron chi connectivity index (χ3n) is 4.35. The van der Waals surface area contributed by atoms with Crippen LogP contribution in [0, 0.1) is 0 Å². The van der Waals surface area contributed by atoms with Crippen LogP contribution < -0.4 is 10.2 Å². The standard InChI is InChI=1S/C21H13BrClN3O2S/c22-13-5-3-6-14(11-13)25-10-4-7-15(25)12-16-19(27)24-21(29)26(20(16)28)18-9-2-1-8-17(18)23/h1-12H,(H,24,27,29)/b16-12+. The molecule has 5 nitrogen and oxygen atoms in total. The summed E-state index contributed by atoms with van der Waals surface area (Å²) in [5, 5.41) is 2.92. The monoisotopic (exact) mass is 485 g/mol. The molecule has 2 amide bonds. The topological polar surface area (TPSA) is 54.3 Å². The number of rotatable bonds is 3. The van der Waals surface area contributed by atoms with Crippen LogP contribution in [0.2, 0.25) is 5.02 Å². The average Bonchev–Trinajstić information content (AvgIpc) is 3.15. The van der Waals surface area contributed by atoms with Crippen LogP contribution in [0.25, 0.3) is 11.8 Å². The van der Waals surface area contributed by atoms with Gasteiger partial charge in [0.1, 0.15) is 5.57 Å². The van der Waals surface area contributed by atoms with Crippen LogP contribution in [0.1, 0.15) is 5.69 Å². The molecular weight excluding hydrogens is 474 g/mol. The van der Waals surface area contributed by atoms with Crippen molar-refractivity contribution in [3.63, 3.8) is 0 Å². The largest absolute Gasteiger partial charge is 0.317 e. The molecule has 1 aliphatic heterocycles. The molecule has 144 valence electrons. The summed E-state index contributed by atoms with van der Waals surface area (Å²) < 4.78 is 2.80. The van der Waals surface area contributed by atoms with E-state index in [9.17, 15) is 9.59 Å². The third-order valence-corrected chi connectivity index (χ3v) is 5.45. The predicted molar refractivity (Wildman–Crippen MR) is 121 cm³/mol. The zero-order valence-corrected chi connectivity index (χ0v) is 18.0. The Bertz CT molecular complexity index is 1190. The van der Waals surface area contributed by atoms with Crippen molar-refractivity contribution in [2.24, 2.45) is 0 Å². The van der Waals surface area contributed by atoms with Gasteiger partial charge in [0.25, 0.3) is 11.8 Å². The number of anilines is 1. The molecular formula is C21H13BrClN3O2S. The molecule has 0 saturated carbocycles. The van der Waals surface area contributed by atoms with E-state index in [0.717, 1.165) is 10.2 Å². The molecule has 0 unspecified atom stereocenters. The fraction of sp³-hybridized carbons (Fsp3) is 0. The van der Waals surface area contributed by atoms with E-state index < -0.39 is 11.8 Å². The van der Waals surface area contributed by atoms with Gasteiger partial charge < -0.3 is 4.57 Å². The minimum atomic E-state index is -0.551. The number of benzene rings is 2. The Labute approximate surface area is 185 Å². The first-order valence-corrected chi connectivity index (χ1v) is 10.1. The van der Waals surface area contributed by atoms with Crippen molar-refractivity contribution in [1.29, 1.82) is 0 Å². The van der Waals surface area contributed by atoms with Crippen molar-refractivity contribution < 1.29 is 9.59 Å². The van der Waals surface area contributed by atoms with Crippen LogP contribution in [0.15, 0.2) is 76.9 Å². The minimum absolute atomic E-state index is 0.00683. The molecule has 1 fully saturated rings. The van der Waals surface area contributed by atoms with Crippen LogP contribution in [-0.2, 0) is 9.59 Å². The van der Waals surface area contributed by atoms with Crippen LogP contribution in [0.4, 0.5) is 5.69 Å². The van der Waals surface area contributed by atoms with Gasteiger partial charge in [0.2, 0.25) is 0 Å². The highest BCUT2D eigenvalue weighted by Crippen LogP contribution is 2.29. The zero-order valence-electron chi connectivity index (χ0n) is 14.8. The Morgan fingerprint density at radius 3 is 2.59 bits per heavy atom. The zero-order chi connectivity index (χ0) is 20.5. The molecule has 1 N–H and O–H groups in total. The molecule has 2 aromatic carbocycles. The molecule has 8 heteroatoms. The van der Waals surface area contributed by atoms with Crippen molar-refractivity contribution in [1.82, 2.24) is 9.88 Å². The minimum Gasteiger partial charge on any atom is -0.317 e. The Morgan fingerprint density at radius 2 is 1.83 bits per heavy atom. The number of nitrogens with zero attached hydrogens (tertiary/aromatic N) is 2. The maximum absolute atomic E-state index is 13.2. The quantitative estimate of drug-likeness (QED) is 0.331. The Kier molecular flexibility index (Phi) is 5.36. The van der Waals surface area contributed by atoms with E-state index in [1.807, 2.05) is 47.2 Å². The average molecular weight is 487 g/mol. The molecule has 1 aliphatic rings. The van der Waals surface area contributed by atoms with E-state index in [1.165, 1.54) is 4.90 Å². The van der Waals surface area contributed by atoms with E-state index in [1.54, 1.807) is 30.3 Å². The second kappa shape index (κ2) is 7.94. The van der Waals surface area contributed by atoms with Gasteiger partial charge in [0.05, 0.1) is 10.7 Å². The lowest BCUT2D eigenvalue weighted by atomic mass is 10.1. The summed E-state index contributed by atoms with van der Waals surface area (Å²) in [7, 11) is 0. The number of hydrogen-bond acceptors (Lipinski definition) is 3. The maximum atomic E-state index is 13.2. The smallest absolute Gasteiger partial charge is 0.270 e. The first-order chi connectivity index (χ1) is 14.0. The number of aromatic nitrogens is 1. The van der Waals surface area contributed by atoms with E-state index in [2.05, 4.69) is 21.2 Å². The number of carbonyl (C=O) groups is 2. The van der Waals surface area contributed by atoms with Crippen molar-refractivity contribution in [2.75, 3.05) is 4.90 Å². The molecule has 2 heterocycles. The summed E-state index contributed by atoms with van der Waals surface area (Å²) >= 11 is 14.9. The van der Waals surface area contributed by atoms with Gasteiger partial charge in [0, 0.05) is 22.1 Å². The van der Waals surface area contributed by atoms with Gasteiger partial charge in [-0.05, 0) is 60.8 Å². The van der Waals surface area contributed by atoms with Crippen molar-refractivity contribution >= 4 is 68.4 Å². The highest BCUT2D eigenvalue weighted by Gasteiger charge is 2.35. The maximum Gasteiger partial charge on any atom is 0.270 e. The molecule has 1 saturated heterocycles. The van der Waals surface area contributed by atoms with Crippen molar-refractivity contribution in [3.8, 4) is 5.69 Å². The summed E-state index contributed by atoms with van der Waals surface area (Å²) in [5.74, 6) is -1.08. The second-order valence-electron chi connectivity index (χ2n) is 6.19. The number of hydrogen-bond donors (Lipinski definition) is 1. The third kappa shape index (κ3) is 3.76. The molecule has 29 heavy (non-hydrogen) atoms. The molecule has 0 radical (unpaired) electrons. The van der Waals surface area contributed by atoms with Crippen molar-refractivity contribution in [2.45, 2.75) is 0 Å². The molecule has 0 atom stereocenters. The number of para-hydroxylation sites is 1. The normalized spacial score (nSPS) is 15.7. The lowest BCUT2D eigenvalue weighted by Crippen LogP contribution is -2.54. The van der Waals surface area contributed by atoms with Gasteiger partial charge in [0.15, 0.2) is 5.11 Å². The summed E-state index contributed by atoms with van der Waals surface area (Å²) in [4.78, 5) is 26.9. The summed E-state index contributed by atoms with van der Waals surface area (Å²) in [6, 6.07) is 18.2. The van der Waals surface area contributed by atoms with E-state index in [0.29, 0.717) is 16.4 Å². The number of amides is 2. The fourth-order valence-electron chi connectivity index (χ4n) is 3.03. The van der Waals surface area contributed by atoms with E-state index >= 15 is 0 Å². The predicted octanol–water partition coefficient (Wildman–Crippen LogP) is 4.72. The van der Waals surface area contributed by atoms with Gasteiger partial charge in [-0.15, -0.1) is 0 Å². The van der Waals surface area contributed by atoms with Crippen LogP contribution in [-0.4, -0.2) is 21.5 Å². The fourth-order valence-corrected chi connectivity index (χ4v) is 3.91. The van der Waals surface area contributed by atoms with Crippen LogP contribution >= 0.6 is 39.7 Å². The van der Waals surface area contributed by atoms with E-state index in [4.69, 9.17) is 23.8 Å². The molecule has 3 aromatic rings. The SMILES string of the molecule is O=C1NC(=S)N(c2ccccc2Cl)C(=O)/C1=C/c1cccn1-c1cccc(Br)c1. The first kappa shape index (κ1) is 19.6. The van der Waals surface area contributed by atoms with E-state index in [-0.39, 0.29) is 10.7 Å². The van der Waals surface area contributed by atoms with Crippen molar-refractivity contribution in [3.05, 3.63) is 87.6 Å². The van der Waals surface area contributed by atoms with Gasteiger partial charge in [-0.25, -0.2) is 0 Å². The Hall–Kier alpha value is -2.74. The van der Waals surface area contributed by atoms with Crippen LogP contribution in [0.3, 0.4) is 0 Å². The highest BCUT2D eigenvalue weighted by molar-refractivity contribution is 9.10. The highest BCUT2D eigenvalue weighted by atomic mass is 79.9. The first-order valence-electron chi connectivity index (χ1n) is 8.55. The summed E-state index contributed by atoms with van der Waals surface area (Å²) in [6.45, 7) is 0. The molecule has 4 rings (SSSR count). The molecule has 0 bridgehead atoms. The van der Waals surface area contributed by atoms with Gasteiger partial charge in [-0.1, -0.05) is 45.7 Å². The molecule has 0 aliphatic carbocycles. The number of thiocarbonyl (C=S) groups is 1. The van der Waals surface area contributed by atoms with Gasteiger partial charge in [-0.3, -0.25) is 19.8 Å². The molecule has 1 aromatic heterocycles. The summed E-state index contributed by atoms with van der Waals surface area (Å²) in [5.41, 5.74) is 1.94. The number of halogens is 2. The Morgan fingerprint density at radius 1 is 1.03 bits per heavy atom. The number of nitrogens with one attached hydrogen (secondary N) is 1. The Balaban J connectivity index is 1.77.